The molecule has 0 radical (unpaired) electrons. The predicted octanol–water partition coefficient (Wildman–Crippen LogP) is 1.37. The summed E-state index contributed by atoms with van der Waals surface area (Å²) in [5, 5.41) is 17.2. The van der Waals surface area contributed by atoms with E-state index in [-0.39, 0.29) is 10.2 Å². The van der Waals surface area contributed by atoms with Gasteiger partial charge in [-0.25, -0.2) is 0 Å². The van der Waals surface area contributed by atoms with Crippen LogP contribution < -0.4 is 10.6 Å². The van der Waals surface area contributed by atoms with E-state index in [1.807, 2.05) is 4.90 Å². The molecule has 2 saturated heterocycles. The zero-order valence-corrected chi connectivity index (χ0v) is 11.2. The van der Waals surface area contributed by atoms with E-state index in [0.29, 0.717) is 24.6 Å². The van der Waals surface area contributed by atoms with Gasteiger partial charge in [0.05, 0.1) is 4.92 Å². The number of nitro groups is 1. The second-order valence-corrected chi connectivity index (χ2v) is 5.09. The average Bonchev–Trinajstić information content (AvgIpc) is 2.97. The Bertz CT molecular complexity index is 404. The highest BCUT2D eigenvalue weighted by Gasteiger charge is 2.33. The minimum Gasteiger partial charge on any atom is -0.364 e. The van der Waals surface area contributed by atoms with Crippen LogP contribution in [0.5, 0.6) is 0 Å². The molecule has 0 unspecified atom stereocenters. The molecule has 2 rings (SSSR count). The number of rotatable bonds is 3. The fourth-order valence-electron chi connectivity index (χ4n) is 2.20. The van der Waals surface area contributed by atoms with Gasteiger partial charge in [-0.3, -0.25) is 10.1 Å². The summed E-state index contributed by atoms with van der Waals surface area (Å²) in [4.78, 5) is 12.7. The van der Waals surface area contributed by atoms with E-state index in [9.17, 15) is 10.1 Å². The molecule has 2 N–H and O–H groups in total. The van der Waals surface area contributed by atoms with Gasteiger partial charge in [0, 0.05) is 26.2 Å². The quantitative estimate of drug-likeness (QED) is 0.607. The van der Waals surface area contributed by atoms with Crippen molar-refractivity contribution in [3.63, 3.8) is 0 Å². The molecule has 0 saturated carbocycles. The lowest BCUT2D eigenvalue weighted by Crippen LogP contribution is -2.28. The van der Waals surface area contributed by atoms with Gasteiger partial charge in [0.15, 0.2) is 11.5 Å². The van der Waals surface area contributed by atoms with Crippen LogP contribution in [0.25, 0.3) is 0 Å². The standard InChI is InChI=1S/C10H14Cl2N4O2/c11-9(12)7(15-5-1-2-6-15)8(16(17)18)10-13-3-4-14-10/h13-14H,1-6H2. The summed E-state index contributed by atoms with van der Waals surface area (Å²) < 4.78 is -0.0633. The number of nitrogens with zero attached hydrogens (tertiary/aromatic N) is 2. The van der Waals surface area contributed by atoms with Gasteiger partial charge in [-0.05, 0) is 12.8 Å². The summed E-state index contributed by atoms with van der Waals surface area (Å²) in [6.07, 6.45) is 1.98. The van der Waals surface area contributed by atoms with Crippen LogP contribution in [0.4, 0.5) is 0 Å². The Labute approximate surface area is 115 Å². The van der Waals surface area contributed by atoms with Crippen LogP contribution in [-0.2, 0) is 0 Å². The van der Waals surface area contributed by atoms with E-state index >= 15 is 0 Å². The first-order valence-electron chi connectivity index (χ1n) is 5.78. The number of halogens is 2. The molecule has 0 aliphatic carbocycles. The summed E-state index contributed by atoms with van der Waals surface area (Å²) in [6, 6.07) is 0. The molecule has 2 aliphatic heterocycles. The van der Waals surface area contributed by atoms with Crippen LogP contribution >= 0.6 is 23.2 Å². The van der Waals surface area contributed by atoms with Crippen molar-refractivity contribution in [1.82, 2.24) is 15.5 Å². The normalized spacial score (nSPS) is 18.3. The molecule has 0 spiro atoms. The fourth-order valence-corrected chi connectivity index (χ4v) is 2.62. The van der Waals surface area contributed by atoms with E-state index in [1.165, 1.54) is 0 Å². The summed E-state index contributed by atoms with van der Waals surface area (Å²) in [5.41, 5.74) is 0.229. The molecule has 0 aromatic heterocycles. The fraction of sp³-hybridized carbons (Fsp3) is 0.600. The van der Waals surface area contributed by atoms with Crippen molar-refractivity contribution < 1.29 is 4.92 Å². The van der Waals surface area contributed by atoms with Gasteiger partial charge < -0.3 is 15.5 Å². The Morgan fingerprint density at radius 1 is 1.22 bits per heavy atom. The molecule has 0 bridgehead atoms. The van der Waals surface area contributed by atoms with E-state index < -0.39 is 4.92 Å². The Kier molecular flexibility index (Phi) is 4.19. The smallest absolute Gasteiger partial charge is 0.334 e. The highest BCUT2D eigenvalue weighted by Crippen LogP contribution is 2.29. The molecule has 8 heteroatoms. The number of hydrogen-bond donors (Lipinski definition) is 2. The average molecular weight is 293 g/mol. The van der Waals surface area contributed by atoms with Gasteiger partial charge >= 0.3 is 5.70 Å². The van der Waals surface area contributed by atoms with Crippen LogP contribution in [0.2, 0.25) is 0 Å². The monoisotopic (exact) mass is 292 g/mol. The highest BCUT2D eigenvalue weighted by atomic mass is 35.5. The van der Waals surface area contributed by atoms with Crippen LogP contribution in [0.1, 0.15) is 12.8 Å². The van der Waals surface area contributed by atoms with Crippen molar-refractivity contribution in [3.05, 3.63) is 31.8 Å². The van der Waals surface area contributed by atoms with Crippen LogP contribution in [-0.4, -0.2) is 36.0 Å². The molecule has 2 fully saturated rings. The maximum Gasteiger partial charge on any atom is 0.334 e. The third-order valence-corrected chi connectivity index (χ3v) is 3.33. The molecule has 0 aromatic rings. The first kappa shape index (κ1) is 13.3. The zero-order chi connectivity index (χ0) is 13.1. The summed E-state index contributed by atoms with van der Waals surface area (Å²) in [5.74, 6) is 0.390. The molecule has 18 heavy (non-hydrogen) atoms. The molecule has 2 aliphatic rings. The maximum atomic E-state index is 11.3. The largest absolute Gasteiger partial charge is 0.364 e. The lowest BCUT2D eigenvalue weighted by Gasteiger charge is -2.20. The molecule has 0 atom stereocenters. The van der Waals surface area contributed by atoms with Crippen LogP contribution in [0.15, 0.2) is 21.7 Å². The summed E-state index contributed by atoms with van der Waals surface area (Å²) >= 11 is 11.7. The van der Waals surface area contributed by atoms with E-state index in [1.54, 1.807) is 0 Å². The third-order valence-electron chi connectivity index (χ3n) is 2.97. The summed E-state index contributed by atoms with van der Waals surface area (Å²) in [7, 11) is 0. The van der Waals surface area contributed by atoms with Crippen molar-refractivity contribution in [1.29, 1.82) is 0 Å². The minimum absolute atomic E-state index is 0.0633. The molecule has 0 amide bonds. The molecular weight excluding hydrogens is 279 g/mol. The van der Waals surface area contributed by atoms with Crippen LogP contribution in [0, 0.1) is 10.1 Å². The van der Waals surface area contributed by atoms with Crippen molar-refractivity contribution in [2.24, 2.45) is 0 Å². The first-order valence-corrected chi connectivity index (χ1v) is 6.54. The lowest BCUT2D eigenvalue weighted by atomic mass is 10.3. The second kappa shape index (κ2) is 5.67. The second-order valence-electron chi connectivity index (χ2n) is 4.14. The van der Waals surface area contributed by atoms with Gasteiger partial charge in [0.2, 0.25) is 0 Å². The molecule has 6 nitrogen and oxygen atoms in total. The SMILES string of the molecule is O=[N+]([O-])C(=C1NCCN1)C(=C(Cl)Cl)N1CCCC1. The van der Waals surface area contributed by atoms with E-state index in [4.69, 9.17) is 23.2 Å². The van der Waals surface area contributed by atoms with E-state index in [0.717, 1.165) is 25.9 Å². The molecule has 100 valence electrons. The summed E-state index contributed by atoms with van der Waals surface area (Å²) in [6.45, 7) is 2.78. The van der Waals surface area contributed by atoms with Crippen molar-refractivity contribution in [2.75, 3.05) is 26.2 Å². The minimum atomic E-state index is -0.445. The van der Waals surface area contributed by atoms with Crippen molar-refractivity contribution in [3.8, 4) is 0 Å². The highest BCUT2D eigenvalue weighted by molar-refractivity contribution is 6.56. The number of hydrogen-bond acceptors (Lipinski definition) is 5. The van der Waals surface area contributed by atoms with Gasteiger partial charge in [-0.2, -0.15) is 0 Å². The van der Waals surface area contributed by atoms with Crippen molar-refractivity contribution in [2.45, 2.75) is 12.8 Å². The lowest BCUT2D eigenvalue weighted by molar-refractivity contribution is -0.424. The van der Waals surface area contributed by atoms with Gasteiger partial charge in [0.25, 0.3) is 0 Å². The molecule has 2 heterocycles. The maximum absolute atomic E-state index is 11.3. The predicted molar refractivity (Wildman–Crippen MR) is 69.6 cm³/mol. The van der Waals surface area contributed by atoms with Crippen molar-refractivity contribution >= 4 is 23.2 Å². The Balaban J connectivity index is 2.41. The third kappa shape index (κ3) is 2.64. The number of likely N-dealkylation sites (tertiary alicyclic amines) is 1. The van der Waals surface area contributed by atoms with Gasteiger partial charge in [0.1, 0.15) is 4.49 Å². The number of nitrogens with one attached hydrogen (secondary N) is 2. The Hall–Kier alpha value is -1.14. The van der Waals surface area contributed by atoms with E-state index in [2.05, 4.69) is 10.6 Å². The Morgan fingerprint density at radius 2 is 1.78 bits per heavy atom. The first-order chi connectivity index (χ1) is 8.61. The van der Waals surface area contributed by atoms with Crippen LogP contribution in [0.3, 0.4) is 0 Å². The van der Waals surface area contributed by atoms with Gasteiger partial charge in [-0.15, -0.1) is 0 Å². The molecule has 0 aromatic carbocycles. The Morgan fingerprint density at radius 3 is 2.22 bits per heavy atom. The molecular formula is C10H14Cl2N4O2. The zero-order valence-electron chi connectivity index (χ0n) is 9.71. The topological polar surface area (TPSA) is 70.4 Å². The van der Waals surface area contributed by atoms with Gasteiger partial charge in [-0.1, -0.05) is 23.2 Å².